The fourth-order valence-corrected chi connectivity index (χ4v) is 3.40. The standard InChI is InChI=1S/C18H24N2O2S/c1-5-11-23(21,22)20-16-8-6-7-14(12-16)15-9-10-17(19-13-15)18(2,3)4/h6-10,12-13,20H,5,11H2,1-4H3. The monoisotopic (exact) mass is 332 g/mol. The summed E-state index contributed by atoms with van der Waals surface area (Å²) >= 11 is 0. The van der Waals surface area contributed by atoms with E-state index in [2.05, 4.69) is 30.5 Å². The summed E-state index contributed by atoms with van der Waals surface area (Å²) in [5, 5.41) is 0. The number of nitrogens with zero attached hydrogens (tertiary/aromatic N) is 1. The van der Waals surface area contributed by atoms with Crippen LogP contribution in [0.4, 0.5) is 5.69 Å². The van der Waals surface area contributed by atoms with Crippen molar-refractivity contribution in [1.82, 2.24) is 4.98 Å². The van der Waals surface area contributed by atoms with Gasteiger partial charge in [-0.1, -0.05) is 45.9 Å². The van der Waals surface area contributed by atoms with E-state index in [0.29, 0.717) is 12.1 Å². The van der Waals surface area contributed by atoms with E-state index in [-0.39, 0.29) is 11.2 Å². The van der Waals surface area contributed by atoms with E-state index in [1.165, 1.54) is 0 Å². The smallest absolute Gasteiger partial charge is 0.232 e. The molecular formula is C18H24N2O2S. The Kier molecular flexibility index (Phi) is 5.09. The van der Waals surface area contributed by atoms with Gasteiger partial charge in [0.05, 0.1) is 5.75 Å². The normalized spacial score (nSPS) is 12.2. The zero-order valence-electron chi connectivity index (χ0n) is 14.1. The molecule has 2 rings (SSSR count). The molecule has 0 saturated heterocycles. The summed E-state index contributed by atoms with van der Waals surface area (Å²) in [5.74, 6) is 0.124. The molecule has 0 amide bonds. The van der Waals surface area contributed by atoms with Gasteiger partial charge >= 0.3 is 0 Å². The van der Waals surface area contributed by atoms with Crippen molar-refractivity contribution in [2.24, 2.45) is 0 Å². The Morgan fingerprint density at radius 3 is 2.39 bits per heavy atom. The molecule has 5 heteroatoms. The van der Waals surface area contributed by atoms with Crippen molar-refractivity contribution in [3.8, 4) is 11.1 Å². The van der Waals surface area contributed by atoms with Gasteiger partial charge in [0.1, 0.15) is 0 Å². The largest absolute Gasteiger partial charge is 0.284 e. The molecule has 0 atom stereocenters. The van der Waals surface area contributed by atoms with Gasteiger partial charge in [-0.05, 0) is 30.2 Å². The first-order valence-corrected chi connectivity index (χ1v) is 9.44. The summed E-state index contributed by atoms with van der Waals surface area (Å²) < 4.78 is 26.4. The molecule has 4 nitrogen and oxygen atoms in total. The molecule has 0 aliphatic rings. The Bertz CT molecular complexity index is 760. The van der Waals surface area contributed by atoms with Crippen molar-refractivity contribution in [2.45, 2.75) is 39.5 Å². The second-order valence-electron chi connectivity index (χ2n) is 6.68. The molecule has 1 heterocycles. The Balaban J connectivity index is 2.26. The van der Waals surface area contributed by atoms with Gasteiger partial charge in [0, 0.05) is 28.6 Å². The van der Waals surface area contributed by atoms with Crippen molar-refractivity contribution in [3.63, 3.8) is 0 Å². The van der Waals surface area contributed by atoms with Gasteiger partial charge in [-0.25, -0.2) is 8.42 Å². The van der Waals surface area contributed by atoms with Crippen LogP contribution in [0.2, 0.25) is 0 Å². The van der Waals surface area contributed by atoms with Gasteiger partial charge in [0.15, 0.2) is 0 Å². The highest BCUT2D eigenvalue weighted by Crippen LogP contribution is 2.25. The molecule has 124 valence electrons. The molecule has 1 aromatic carbocycles. The van der Waals surface area contributed by atoms with Gasteiger partial charge in [-0.3, -0.25) is 9.71 Å². The first kappa shape index (κ1) is 17.5. The molecule has 0 bridgehead atoms. The molecule has 0 saturated carbocycles. The predicted molar refractivity (Wildman–Crippen MR) is 96.1 cm³/mol. The predicted octanol–water partition coefficient (Wildman–Crippen LogP) is 4.20. The molecule has 0 fully saturated rings. The summed E-state index contributed by atoms with van der Waals surface area (Å²) in [6.07, 6.45) is 2.42. The van der Waals surface area contributed by atoms with E-state index in [0.717, 1.165) is 16.8 Å². The Labute approximate surface area is 139 Å². The fraction of sp³-hybridized carbons (Fsp3) is 0.389. The average Bonchev–Trinajstić information content (AvgIpc) is 2.46. The number of nitrogens with one attached hydrogen (secondary N) is 1. The molecule has 1 N–H and O–H groups in total. The zero-order valence-corrected chi connectivity index (χ0v) is 14.9. The van der Waals surface area contributed by atoms with Crippen molar-refractivity contribution < 1.29 is 8.42 Å². The summed E-state index contributed by atoms with van der Waals surface area (Å²) in [6.45, 7) is 8.21. The molecule has 0 aliphatic heterocycles. The van der Waals surface area contributed by atoms with Crippen LogP contribution >= 0.6 is 0 Å². The Hall–Kier alpha value is -1.88. The molecular weight excluding hydrogens is 308 g/mol. The summed E-state index contributed by atoms with van der Waals surface area (Å²) in [7, 11) is -3.28. The highest BCUT2D eigenvalue weighted by atomic mass is 32.2. The number of hydrogen-bond donors (Lipinski definition) is 1. The molecule has 0 radical (unpaired) electrons. The molecule has 2 aromatic rings. The SMILES string of the molecule is CCCS(=O)(=O)Nc1cccc(-c2ccc(C(C)(C)C)nc2)c1. The van der Waals surface area contributed by atoms with Gasteiger partial charge in [0.25, 0.3) is 0 Å². The average molecular weight is 332 g/mol. The van der Waals surface area contributed by atoms with Gasteiger partial charge in [-0.15, -0.1) is 0 Å². The van der Waals surface area contributed by atoms with Crippen LogP contribution in [0.3, 0.4) is 0 Å². The van der Waals surface area contributed by atoms with E-state index in [9.17, 15) is 8.42 Å². The minimum atomic E-state index is -3.28. The third-order valence-corrected chi connectivity index (χ3v) is 4.97. The van der Waals surface area contributed by atoms with Crippen LogP contribution in [0.1, 0.15) is 39.8 Å². The van der Waals surface area contributed by atoms with Crippen LogP contribution in [-0.4, -0.2) is 19.2 Å². The van der Waals surface area contributed by atoms with Crippen LogP contribution in [0.25, 0.3) is 11.1 Å². The third-order valence-electron chi connectivity index (χ3n) is 3.47. The quantitative estimate of drug-likeness (QED) is 0.893. The number of aromatic nitrogens is 1. The Morgan fingerprint density at radius 1 is 1.09 bits per heavy atom. The van der Waals surface area contributed by atoms with Crippen molar-refractivity contribution >= 4 is 15.7 Å². The topological polar surface area (TPSA) is 59.1 Å². The minimum Gasteiger partial charge on any atom is -0.284 e. The third kappa shape index (κ3) is 4.79. The highest BCUT2D eigenvalue weighted by molar-refractivity contribution is 7.92. The van der Waals surface area contributed by atoms with Crippen LogP contribution in [-0.2, 0) is 15.4 Å². The van der Waals surface area contributed by atoms with Gasteiger partial charge in [0.2, 0.25) is 10.0 Å². The van der Waals surface area contributed by atoms with Crippen LogP contribution in [0.15, 0.2) is 42.6 Å². The maximum absolute atomic E-state index is 11.9. The van der Waals surface area contributed by atoms with Crippen LogP contribution < -0.4 is 4.72 Å². The molecule has 0 aliphatic carbocycles. The maximum Gasteiger partial charge on any atom is 0.232 e. The lowest BCUT2D eigenvalue weighted by Crippen LogP contribution is -2.16. The van der Waals surface area contributed by atoms with Crippen LogP contribution in [0.5, 0.6) is 0 Å². The number of rotatable bonds is 5. The first-order chi connectivity index (χ1) is 10.7. The lowest BCUT2D eigenvalue weighted by atomic mass is 9.91. The van der Waals surface area contributed by atoms with E-state index in [1.807, 2.05) is 43.5 Å². The molecule has 1 aromatic heterocycles. The number of benzene rings is 1. The van der Waals surface area contributed by atoms with Crippen molar-refractivity contribution in [2.75, 3.05) is 10.5 Å². The van der Waals surface area contributed by atoms with E-state index >= 15 is 0 Å². The van der Waals surface area contributed by atoms with Crippen molar-refractivity contribution in [1.29, 1.82) is 0 Å². The molecule has 23 heavy (non-hydrogen) atoms. The summed E-state index contributed by atoms with van der Waals surface area (Å²) in [6, 6.07) is 11.4. The second kappa shape index (κ2) is 6.71. The number of sulfonamides is 1. The lowest BCUT2D eigenvalue weighted by Gasteiger charge is -2.17. The van der Waals surface area contributed by atoms with E-state index in [4.69, 9.17) is 0 Å². The van der Waals surface area contributed by atoms with Crippen molar-refractivity contribution in [3.05, 3.63) is 48.3 Å². The number of pyridine rings is 1. The summed E-state index contributed by atoms with van der Waals surface area (Å²) in [4.78, 5) is 4.52. The number of hydrogen-bond acceptors (Lipinski definition) is 3. The minimum absolute atomic E-state index is 0.0101. The van der Waals surface area contributed by atoms with Crippen LogP contribution in [0, 0.1) is 0 Å². The zero-order chi connectivity index (χ0) is 17.1. The van der Waals surface area contributed by atoms with E-state index < -0.39 is 10.0 Å². The van der Waals surface area contributed by atoms with E-state index in [1.54, 1.807) is 6.07 Å². The fourth-order valence-electron chi connectivity index (χ4n) is 2.27. The maximum atomic E-state index is 11.9. The molecule has 0 unspecified atom stereocenters. The highest BCUT2D eigenvalue weighted by Gasteiger charge is 2.15. The Morgan fingerprint density at radius 2 is 1.83 bits per heavy atom. The lowest BCUT2D eigenvalue weighted by molar-refractivity contribution is 0.569. The first-order valence-electron chi connectivity index (χ1n) is 7.79. The summed E-state index contributed by atoms with van der Waals surface area (Å²) in [5.41, 5.74) is 3.52. The second-order valence-corrected chi connectivity index (χ2v) is 8.53. The van der Waals surface area contributed by atoms with Gasteiger partial charge < -0.3 is 0 Å². The molecule has 0 spiro atoms. The number of anilines is 1. The van der Waals surface area contributed by atoms with Gasteiger partial charge in [-0.2, -0.15) is 0 Å².